The van der Waals surface area contributed by atoms with Crippen LogP contribution >= 0.6 is 22.9 Å². The van der Waals surface area contributed by atoms with Gasteiger partial charge < -0.3 is 4.42 Å². The highest BCUT2D eigenvalue weighted by Gasteiger charge is 2.11. The van der Waals surface area contributed by atoms with Gasteiger partial charge in [0.1, 0.15) is 16.9 Å². The minimum Gasteiger partial charge on any atom is -0.463 e. The second-order valence-corrected chi connectivity index (χ2v) is 4.08. The fourth-order valence-corrected chi connectivity index (χ4v) is 2.19. The molecular formula is C11H6ClNOS. The van der Waals surface area contributed by atoms with Crippen molar-refractivity contribution < 1.29 is 4.42 Å². The Hall–Kier alpha value is -1.50. The first-order valence-electron chi connectivity index (χ1n) is 4.20. The van der Waals surface area contributed by atoms with Gasteiger partial charge in [-0.05, 0) is 23.6 Å². The van der Waals surface area contributed by atoms with Crippen molar-refractivity contribution in [2.45, 2.75) is 0 Å². The molecule has 0 spiro atoms. The van der Waals surface area contributed by atoms with Gasteiger partial charge in [-0.2, -0.15) is 5.26 Å². The van der Waals surface area contributed by atoms with Gasteiger partial charge in [0.2, 0.25) is 0 Å². The second kappa shape index (κ2) is 4.35. The van der Waals surface area contributed by atoms with Gasteiger partial charge in [-0.15, -0.1) is 11.3 Å². The van der Waals surface area contributed by atoms with Gasteiger partial charge in [0.05, 0.1) is 11.8 Å². The third-order valence-electron chi connectivity index (χ3n) is 1.84. The average molecular weight is 236 g/mol. The molecule has 0 atom stereocenters. The van der Waals surface area contributed by atoms with E-state index >= 15 is 0 Å². The van der Waals surface area contributed by atoms with Gasteiger partial charge in [-0.3, -0.25) is 0 Å². The number of thiophene rings is 1. The van der Waals surface area contributed by atoms with Crippen LogP contribution in [0.5, 0.6) is 0 Å². The molecule has 2 aromatic rings. The number of nitrogens with zero attached hydrogens (tertiary/aromatic N) is 1. The maximum absolute atomic E-state index is 9.04. The summed E-state index contributed by atoms with van der Waals surface area (Å²) in [6.07, 6.45) is 1.53. The summed E-state index contributed by atoms with van der Waals surface area (Å²) in [6, 6.07) is 9.29. The van der Waals surface area contributed by atoms with E-state index in [1.807, 2.05) is 17.5 Å². The highest BCUT2D eigenvalue weighted by atomic mass is 35.5. The van der Waals surface area contributed by atoms with Gasteiger partial charge in [0.15, 0.2) is 0 Å². The first-order valence-corrected chi connectivity index (χ1v) is 5.46. The van der Waals surface area contributed by atoms with E-state index in [4.69, 9.17) is 21.3 Å². The highest BCUT2D eigenvalue weighted by Crippen LogP contribution is 2.31. The number of furan rings is 1. The Kier molecular flexibility index (Phi) is 2.91. The van der Waals surface area contributed by atoms with E-state index in [0.29, 0.717) is 16.4 Å². The minimum atomic E-state index is 0.352. The van der Waals surface area contributed by atoms with E-state index in [2.05, 4.69) is 6.07 Å². The molecule has 0 N–H and O–H groups in total. The number of halogens is 1. The molecule has 0 aliphatic carbocycles. The zero-order chi connectivity index (χ0) is 10.7. The molecule has 0 saturated carbocycles. The van der Waals surface area contributed by atoms with Crippen LogP contribution in [0.1, 0.15) is 10.6 Å². The van der Waals surface area contributed by atoms with Gasteiger partial charge >= 0.3 is 0 Å². The maximum atomic E-state index is 9.04. The molecule has 0 saturated heterocycles. The van der Waals surface area contributed by atoms with Crippen molar-refractivity contribution >= 4 is 33.5 Å². The molecule has 2 heterocycles. The lowest BCUT2D eigenvalue weighted by molar-refractivity contribution is 0.556. The smallest absolute Gasteiger partial charge is 0.146 e. The quantitative estimate of drug-likeness (QED) is 0.739. The van der Waals surface area contributed by atoms with Crippen molar-refractivity contribution in [3.63, 3.8) is 0 Å². The molecule has 15 heavy (non-hydrogen) atoms. The third-order valence-corrected chi connectivity index (χ3v) is 3.10. The maximum Gasteiger partial charge on any atom is 0.146 e. The number of hydrogen-bond donors (Lipinski definition) is 0. The normalized spacial score (nSPS) is 12.0. The van der Waals surface area contributed by atoms with Gasteiger partial charge in [-0.1, -0.05) is 17.7 Å². The molecule has 0 radical (unpaired) electrons. The largest absolute Gasteiger partial charge is 0.463 e. The van der Waals surface area contributed by atoms with E-state index in [-0.39, 0.29) is 0 Å². The zero-order valence-corrected chi connectivity index (χ0v) is 9.18. The van der Waals surface area contributed by atoms with E-state index in [1.54, 1.807) is 12.1 Å². The van der Waals surface area contributed by atoms with Crippen molar-refractivity contribution in [2.75, 3.05) is 0 Å². The van der Waals surface area contributed by atoms with Gasteiger partial charge in [-0.25, -0.2) is 0 Å². The molecular weight excluding hydrogens is 230 g/mol. The van der Waals surface area contributed by atoms with E-state index in [1.165, 1.54) is 17.6 Å². The lowest BCUT2D eigenvalue weighted by Gasteiger charge is -1.97. The topological polar surface area (TPSA) is 36.9 Å². The third kappa shape index (κ3) is 1.96. The summed E-state index contributed by atoms with van der Waals surface area (Å²) in [5, 5.41) is 11.3. The molecule has 0 unspecified atom stereocenters. The molecule has 2 nitrogen and oxygen atoms in total. The van der Waals surface area contributed by atoms with Crippen molar-refractivity contribution in [1.29, 1.82) is 5.26 Å². The predicted molar refractivity (Wildman–Crippen MR) is 61.3 cm³/mol. The molecule has 4 heteroatoms. The van der Waals surface area contributed by atoms with E-state index < -0.39 is 0 Å². The Labute approximate surface area is 96.0 Å². The summed E-state index contributed by atoms with van der Waals surface area (Å²) < 4.78 is 5.14. The Morgan fingerprint density at radius 2 is 2.27 bits per heavy atom. The van der Waals surface area contributed by atoms with Crippen LogP contribution in [0.2, 0.25) is 0 Å². The zero-order valence-electron chi connectivity index (χ0n) is 7.61. The van der Waals surface area contributed by atoms with Gasteiger partial charge in [0, 0.05) is 4.88 Å². The Morgan fingerprint density at radius 1 is 1.40 bits per heavy atom. The second-order valence-electron chi connectivity index (χ2n) is 2.76. The highest BCUT2D eigenvalue weighted by molar-refractivity contribution is 7.11. The van der Waals surface area contributed by atoms with Crippen molar-refractivity contribution in [1.82, 2.24) is 0 Å². The fraction of sp³-hybridized carbons (Fsp3) is 0. The Morgan fingerprint density at radius 3 is 2.80 bits per heavy atom. The minimum absolute atomic E-state index is 0.352. The van der Waals surface area contributed by atoms with Crippen LogP contribution in [-0.2, 0) is 0 Å². The van der Waals surface area contributed by atoms with Crippen LogP contribution < -0.4 is 0 Å². The fourth-order valence-electron chi connectivity index (χ4n) is 1.16. The molecule has 0 aromatic carbocycles. The molecule has 0 fully saturated rings. The van der Waals surface area contributed by atoms with Crippen LogP contribution in [0.3, 0.4) is 0 Å². The first-order chi connectivity index (χ1) is 7.33. The average Bonchev–Trinajstić information content (AvgIpc) is 2.91. The Balaban J connectivity index is 2.51. The predicted octanol–water partition coefficient (Wildman–Crippen LogP) is 3.97. The van der Waals surface area contributed by atoms with Crippen LogP contribution in [0.25, 0.3) is 10.6 Å². The van der Waals surface area contributed by atoms with Crippen LogP contribution in [0, 0.1) is 11.3 Å². The standard InChI is InChI=1S/C11H6ClNOS/c12-11(9-3-1-5-14-9)8(7-13)10-4-2-6-15-10/h1-6H. The Bertz CT molecular complexity index is 505. The molecule has 0 aliphatic rings. The van der Waals surface area contributed by atoms with Crippen molar-refractivity contribution in [2.24, 2.45) is 0 Å². The lowest BCUT2D eigenvalue weighted by atomic mass is 10.2. The summed E-state index contributed by atoms with van der Waals surface area (Å²) in [5.41, 5.74) is 0.446. The molecule has 0 aliphatic heterocycles. The number of hydrogen-bond acceptors (Lipinski definition) is 3. The molecule has 2 rings (SSSR count). The molecule has 74 valence electrons. The van der Waals surface area contributed by atoms with Gasteiger partial charge in [0.25, 0.3) is 0 Å². The SMILES string of the molecule is N#CC(=C(Cl)c1ccco1)c1cccs1. The summed E-state index contributed by atoms with van der Waals surface area (Å²) in [7, 11) is 0. The van der Waals surface area contributed by atoms with Crippen LogP contribution in [0.15, 0.2) is 40.3 Å². The van der Waals surface area contributed by atoms with Crippen LogP contribution in [0.4, 0.5) is 0 Å². The van der Waals surface area contributed by atoms with Crippen molar-refractivity contribution in [3.05, 3.63) is 46.5 Å². The first kappa shape index (κ1) is 10.0. The monoisotopic (exact) mass is 235 g/mol. The molecule has 2 aromatic heterocycles. The lowest BCUT2D eigenvalue weighted by Crippen LogP contribution is -1.80. The molecule has 0 bridgehead atoms. The number of nitriles is 1. The van der Waals surface area contributed by atoms with Crippen molar-refractivity contribution in [3.8, 4) is 6.07 Å². The summed E-state index contributed by atoms with van der Waals surface area (Å²) in [4.78, 5) is 0.846. The van der Waals surface area contributed by atoms with E-state index in [9.17, 15) is 0 Å². The van der Waals surface area contributed by atoms with E-state index in [0.717, 1.165) is 4.88 Å². The summed E-state index contributed by atoms with van der Waals surface area (Å²) in [6.45, 7) is 0. The molecule has 0 amide bonds. The summed E-state index contributed by atoms with van der Waals surface area (Å²) in [5.74, 6) is 0.515. The van der Waals surface area contributed by atoms with Crippen LogP contribution in [-0.4, -0.2) is 0 Å². The number of allylic oxidation sites excluding steroid dienone is 1. The summed E-state index contributed by atoms with van der Waals surface area (Å²) >= 11 is 7.55. The number of rotatable bonds is 2.